The molecule has 0 saturated heterocycles. The van der Waals surface area contributed by atoms with Crippen LogP contribution in [0.1, 0.15) is 39.7 Å². The van der Waals surface area contributed by atoms with Crippen LogP contribution in [0.25, 0.3) is 0 Å². The maximum atomic E-state index is 13.0. The SMILES string of the molecule is CC[C@H](C)[C@H](NC(=O)OCc1ccccc1)C(=O)N(CC)CC(C)C(=O)OC. The fraction of sp³-hybridized carbons (Fsp3) is 0.571. The minimum Gasteiger partial charge on any atom is -0.469 e. The molecule has 7 heteroatoms. The van der Waals surface area contributed by atoms with Crippen LogP contribution >= 0.6 is 0 Å². The van der Waals surface area contributed by atoms with Crippen LogP contribution < -0.4 is 5.32 Å². The molecule has 2 amide bonds. The minimum absolute atomic E-state index is 0.0840. The summed E-state index contributed by atoms with van der Waals surface area (Å²) in [5.74, 6) is -1.14. The number of alkyl carbamates (subject to hydrolysis) is 1. The summed E-state index contributed by atoms with van der Waals surface area (Å²) in [6.07, 6.45) is 0.0685. The molecule has 0 aromatic heterocycles. The van der Waals surface area contributed by atoms with E-state index in [1.165, 1.54) is 7.11 Å². The Morgan fingerprint density at radius 2 is 1.75 bits per heavy atom. The lowest BCUT2D eigenvalue weighted by Crippen LogP contribution is -2.53. The Kier molecular flexibility index (Phi) is 10.1. The van der Waals surface area contributed by atoms with E-state index in [0.29, 0.717) is 13.0 Å². The van der Waals surface area contributed by atoms with E-state index in [1.807, 2.05) is 51.1 Å². The van der Waals surface area contributed by atoms with Gasteiger partial charge in [-0.05, 0) is 18.4 Å². The van der Waals surface area contributed by atoms with E-state index in [1.54, 1.807) is 11.8 Å². The number of amides is 2. The first-order valence-corrected chi connectivity index (χ1v) is 9.67. The molecule has 1 N–H and O–H groups in total. The standard InChI is InChI=1S/C21H32N2O5/c1-6-15(3)18(19(24)23(7-2)13-16(4)20(25)27-5)22-21(26)28-14-17-11-9-8-10-12-17/h8-12,15-16,18H,6-7,13-14H2,1-5H3,(H,22,26)/t15-,16?,18-/m0/s1. The first-order valence-electron chi connectivity index (χ1n) is 9.67. The van der Waals surface area contributed by atoms with Crippen molar-refractivity contribution in [2.75, 3.05) is 20.2 Å². The minimum atomic E-state index is -0.724. The van der Waals surface area contributed by atoms with Gasteiger partial charge < -0.3 is 19.7 Å². The van der Waals surface area contributed by atoms with Crippen molar-refractivity contribution in [3.8, 4) is 0 Å². The van der Waals surface area contributed by atoms with E-state index in [0.717, 1.165) is 5.56 Å². The van der Waals surface area contributed by atoms with Crippen molar-refractivity contribution in [1.29, 1.82) is 0 Å². The van der Waals surface area contributed by atoms with Crippen molar-refractivity contribution in [2.45, 2.75) is 46.8 Å². The quantitative estimate of drug-likeness (QED) is 0.619. The van der Waals surface area contributed by atoms with E-state index < -0.39 is 18.1 Å². The first-order chi connectivity index (χ1) is 13.3. The number of hydrogen-bond donors (Lipinski definition) is 1. The molecule has 1 aromatic rings. The van der Waals surface area contributed by atoms with Crippen LogP contribution in [0.4, 0.5) is 4.79 Å². The number of rotatable bonds is 10. The molecule has 3 atom stereocenters. The van der Waals surface area contributed by atoms with Crippen LogP contribution in [-0.4, -0.2) is 49.1 Å². The number of carbonyl (C=O) groups excluding carboxylic acids is 3. The number of methoxy groups -OCH3 is 1. The highest BCUT2D eigenvalue weighted by molar-refractivity contribution is 5.86. The second-order valence-corrected chi connectivity index (χ2v) is 6.87. The number of benzene rings is 1. The zero-order chi connectivity index (χ0) is 21.1. The highest BCUT2D eigenvalue weighted by atomic mass is 16.5. The molecule has 0 spiro atoms. The van der Waals surface area contributed by atoms with Gasteiger partial charge >= 0.3 is 12.1 Å². The molecule has 1 unspecified atom stereocenters. The van der Waals surface area contributed by atoms with Crippen LogP contribution in [0.2, 0.25) is 0 Å². The number of nitrogens with zero attached hydrogens (tertiary/aromatic N) is 1. The van der Waals surface area contributed by atoms with Crippen LogP contribution in [0.5, 0.6) is 0 Å². The Hall–Kier alpha value is -2.57. The Morgan fingerprint density at radius 3 is 2.29 bits per heavy atom. The summed E-state index contributed by atoms with van der Waals surface area (Å²) < 4.78 is 10.00. The summed E-state index contributed by atoms with van der Waals surface area (Å²) in [4.78, 5) is 38.6. The highest BCUT2D eigenvalue weighted by Crippen LogP contribution is 2.13. The van der Waals surface area contributed by atoms with Gasteiger partial charge in [0, 0.05) is 13.1 Å². The van der Waals surface area contributed by atoms with E-state index in [-0.39, 0.29) is 30.9 Å². The molecule has 1 aromatic carbocycles. The fourth-order valence-corrected chi connectivity index (χ4v) is 2.75. The van der Waals surface area contributed by atoms with Crippen molar-refractivity contribution in [3.05, 3.63) is 35.9 Å². The molecular formula is C21H32N2O5. The van der Waals surface area contributed by atoms with Gasteiger partial charge in [-0.3, -0.25) is 9.59 Å². The molecule has 0 radical (unpaired) electrons. The number of likely N-dealkylation sites (N-methyl/N-ethyl adjacent to an activating group) is 1. The van der Waals surface area contributed by atoms with Crippen LogP contribution in [0.3, 0.4) is 0 Å². The van der Waals surface area contributed by atoms with Crippen molar-refractivity contribution >= 4 is 18.0 Å². The summed E-state index contributed by atoms with van der Waals surface area (Å²) in [6.45, 7) is 8.19. The predicted molar refractivity (Wildman–Crippen MR) is 106 cm³/mol. The van der Waals surface area contributed by atoms with Gasteiger partial charge in [-0.1, -0.05) is 57.5 Å². The molecule has 0 heterocycles. The third-order valence-electron chi connectivity index (χ3n) is 4.76. The zero-order valence-corrected chi connectivity index (χ0v) is 17.4. The van der Waals surface area contributed by atoms with Crippen LogP contribution in [0, 0.1) is 11.8 Å². The van der Waals surface area contributed by atoms with Gasteiger partial charge in [0.1, 0.15) is 12.6 Å². The average molecular weight is 392 g/mol. The lowest BCUT2D eigenvalue weighted by Gasteiger charge is -2.31. The molecule has 0 aliphatic carbocycles. The Labute approximate surface area is 167 Å². The van der Waals surface area contributed by atoms with E-state index >= 15 is 0 Å². The van der Waals surface area contributed by atoms with Crippen LogP contribution in [0.15, 0.2) is 30.3 Å². The normalized spacial score (nSPS) is 13.8. The highest BCUT2D eigenvalue weighted by Gasteiger charge is 2.31. The third-order valence-corrected chi connectivity index (χ3v) is 4.76. The van der Waals surface area contributed by atoms with E-state index in [4.69, 9.17) is 9.47 Å². The summed E-state index contributed by atoms with van der Waals surface area (Å²) in [5.41, 5.74) is 0.867. The molecule has 7 nitrogen and oxygen atoms in total. The number of nitrogens with one attached hydrogen (secondary N) is 1. The molecule has 0 aliphatic heterocycles. The molecule has 0 aliphatic rings. The van der Waals surface area contributed by atoms with Crippen molar-refractivity contribution in [3.63, 3.8) is 0 Å². The molecule has 0 fully saturated rings. The molecule has 1 rings (SSSR count). The van der Waals surface area contributed by atoms with Gasteiger partial charge in [-0.15, -0.1) is 0 Å². The Morgan fingerprint density at radius 1 is 1.11 bits per heavy atom. The van der Waals surface area contributed by atoms with Gasteiger partial charge in [0.05, 0.1) is 13.0 Å². The second-order valence-electron chi connectivity index (χ2n) is 6.87. The predicted octanol–water partition coefficient (Wildman–Crippen LogP) is 2.99. The summed E-state index contributed by atoms with van der Waals surface area (Å²) in [7, 11) is 1.32. The third kappa shape index (κ3) is 7.21. The number of carbonyl (C=O) groups is 3. The lowest BCUT2D eigenvalue weighted by atomic mass is 9.97. The van der Waals surface area contributed by atoms with Gasteiger partial charge in [0.15, 0.2) is 0 Å². The Bertz CT molecular complexity index is 635. The molecule has 28 heavy (non-hydrogen) atoms. The summed E-state index contributed by atoms with van der Waals surface area (Å²) in [5, 5.41) is 2.70. The molecule has 0 saturated carbocycles. The average Bonchev–Trinajstić information content (AvgIpc) is 2.73. The largest absolute Gasteiger partial charge is 0.469 e. The van der Waals surface area contributed by atoms with E-state index in [2.05, 4.69) is 5.32 Å². The first kappa shape index (κ1) is 23.5. The van der Waals surface area contributed by atoms with Gasteiger partial charge in [0.2, 0.25) is 5.91 Å². The zero-order valence-electron chi connectivity index (χ0n) is 17.4. The van der Waals surface area contributed by atoms with Gasteiger partial charge in [-0.25, -0.2) is 4.79 Å². The maximum Gasteiger partial charge on any atom is 0.408 e. The topological polar surface area (TPSA) is 84.9 Å². The van der Waals surface area contributed by atoms with Crippen molar-refractivity contribution < 1.29 is 23.9 Å². The number of esters is 1. The van der Waals surface area contributed by atoms with Gasteiger partial charge in [0.25, 0.3) is 0 Å². The molecule has 0 bridgehead atoms. The van der Waals surface area contributed by atoms with Crippen molar-refractivity contribution in [2.24, 2.45) is 11.8 Å². The summed E-state index contributed by atoms with van der Waals surface area (Å²) in [6, 6.07) is 8.61. The van der Waals surface area contributed by atoms with Crippen LogP contribution in [-0.2, 0) is 25.7 Å². The lowest BCUT2D eigenvalue weighted by molar-refractivity contribution is -0.146. The van der Waals surface area contributed by atoms with Crippen molar-refractivity contribution in [1.82, 2.24) is 10.2 Å². The molecule has 156 valence electrons. The summed E-state index contributed by atoms with van der Waals surface area (Å²) >= 11 is 0. The molecular weight excluding hydrogens is 360 g/mol. The van der Waals surface area contributed by atoms with E-state index in [9.17, 15) is 14.4 Å². The number of hydrogen-bond acceptors (Lipinski definition) is 5. The fourth-order valence-electron chi connectivity index (χ4n) is 2.75. The number of ether oxygens (including phenoxy) is 2. The van der Waals surface area contributed by atoms with Gasteiger partial charge in [-0.2, -0.15) is 0 Å². The Balaban J connectivity index is 2.77. The second kappa shape index (κ2) is 12.0. The maximum absolute atomic E-state index is 13.0. The smallest absolute Gasteiger partial charge is 0.408 e. The monoisotopic (exact) mass is 392 g/mol.